The second-order valence-electron chi connectivity index (χ2n) is 13.3. The summed E-state index contributed by atoms with van der Waals surface area (Å²) in [6.07, 6.45) is 2.47. The van der Waals surface area contributed by atoms with E-state index in [0.717, 1.165) is 61.1 Å². The number of aromatic nitrogens is 6. The van der Waals surface area contributed by atoms with Crippen LogP contribution >= 0.6 is 15.9 Å². The van der Waals surface area contributed by atoms with Crippen LogP contribution < -0.4 is 0 Å². The first-order valence-corrected chi connectivity index (χ1v) is 17.9. The lowest BCUT2D eigenvalue weighted by molar-refractivity contribution is -0.133. The van der Waals surface area contributed by atoms with Crippen LogP contribution in [-0.2, 0) is 9.59 Å². The minimum absolute atomic E-state index is 0.113. The van der Waals surface area contributed by atoms with Crippen molar-refractivity contribution in [2.75, 3.05) is 28.2 Å². The van der Waals surface area contributed by atoms with Gasteiger partial charge in [-0.2, -0.15) is 10.2 Å². The van der Waals surface area contributed by atoms with Crippen molar-refractivity contribution in [1.29, 1.82) is 0 Å². The van der Waals surface area contributed by atoms with Crippen LogP contribution in [-0.4, -0.2) is 101 Å². The molecule has 0 unspecified atom stereocenters. The number of aryl methyl sites for hydroxylation is 4. The van der Waals surface area contributed by atoms with Gasteiger partial charge >= 0.3 is 11.9 Å². The molecule has 2 amide bonds. The van der Waals surface area contributed by atoms with Gasteiger partial charge in [0.05, 0.1) is 11.4 Å². The average Bonchev–Trinajstić information content (AvgIpc) is 3.77. The minimum Gasteiger partial charge on any atom is -0.478 e. The summed E-state index contributed by atoms with van der Waals surface area (Å²) >= 11 is 3.47. The van der Waals surface area contributed by atoms with Crippen molar-refractivity contribution in [1.82, 2.24) is 39.0 Å². The Morgan fingerprint density at radius 2 is 1.12 bits per heavy atom. The molecular formula is C41H43BrN8O6. The Kier molecular flexibility index (Phi) is 13.4. The zero-order chi connectivity index (χ0) is 41.6. The first-order chi connectivity index (χ1) is 26.3. The normalized spacial score (nSPS) is 10.9. The van der Waals surface area contributed by atoms with E-state index in [2.05, 4.69) is 48.7 Å². The molecule has 6 rings (SSSR count). The van der Waals surface area contributed by atoms with Crippen LogP contribution in [0.25, 0.3) is 39.9 Å². The van der Waals surface area contributed by atoms with Gasteiger partial charge in [-0.15, -0.1) is 0 Å². The fourth-order valence-electron chi connectivity index (χ4n) is 5.48. The second-order valence-corrected chi connectivity index (χ2v) is 14.2. The zero-order valence-electron chi connectivity index (χ0n) is 32.6. The van der Waals surface area contributed by atoms with Crippen LogP contribution in [0.2, 0.25) is 0 Å². The van der Waals surface area contributed by atoms with Crippen LogP contribution in [0.1, 0.15) is 56.0 Å². The molecule has 4 aromatic heterocycles. The third kappa shape index (κ3) is 9.98. The molecule has 0 fully saturated rings. The number of hydrogen-bond acceptors (Lipinski definition) is 8. The summed E-state index contributed by atoms with van der Waals surface area (Å²) in [7, 11) is 6.82. The number of carboxylic acid groups (broad SMARTS) is 2. The lowest BCUT2D eigenvalue weighted by atomic mass is 10.0. The number of nitrogens with zero attached hydrogens (tertiary/aromatic N) is 8. The zero-order valence-corrected chi connectivity index (χ0v) is 34.2. The summed E-state index contributed by atoms with van der Waals surface area (Å²) in [5.41, 5.74) is 10.5. The number of hydrogen-bond donors (Lipinski definition) is 2. The molecule has 0 saturated carbocycles. The topological polar surface area (TPSA) is 176 Å². The van der Waals surface area contributed by atoms with E-state index in [4.69, 9.17) is 10.2 Å². The molecule has 0 radical (unpaired) electrons. The van der Waals surface area contributed by atoms with Crippen LogP contribution in [0.4, 0.5) is 0 Å². The number of aliphatic carboxylic acids is 2. The lowest BCUT2D eigenvalue weighted by Crippen LogP contribution is -2.23. The van der Waals surface area contributed by atoms with Crippen molar-refractivity contribution < 1.29 is 29.4 Å². The Morgan fingerprint density at radius 3 is 1.50 bits per heavy atom. The molecule has 0 spiro atoms. The van der Waals surface area contributed by atoms with Gasteiger partial charge in [-0.25, -0.2) is 28.6 Å². The Morgan fingerprint density at radius 1 is 0.696 bits per heavy atom. The third-order valence-electron chi connectivity index (χ3n) is 8.35. The van der Waals surface area contributed by atoms with E-state index in [-0.39, 0.29) is 17.4 Å². The predicted octanol–water partition coefficient (Wildman–Crippen LogP) is 6.94. The van der Waals surface area contributed by atoms with E-state index >= 15 is 0 Å². The summed E-state index contributed by atoms with van der Waals surface area (Å²) in [6.45, 7) is 12.3. The van der Waals surface area contributed by atoms with Crippen LogP contribution in [0.15, 0.2) is 83.4 Å². The molecule has 15 heteroatoms. The minimum atomic E-state index is -0.981. The Hall–Kier alpha value is -6.48. The molecule has 0 aliphatic carbocycles. The standard InChI is InChI=1S/C21H22N4O3.C17H17BrN4O.C3H4O2/c1-12-8-15(9-13(2)21(27)28)6-7-16(12)17-11-19-22-18(20(26)24(4)5)10-14(3)25(19)23-17;1-10-7-12(18)5-6-13(10)14-9-16-19-15(17(23)21(3)4)8-11(2)22(16)20-14;1-2-3(4)5/h6-11H,1-5H3,(H,27,28);5-9H,1-4H3;2H,1H2,(H,4,5)/b13-9+;;. The van der Waals surface area contributed by atoms with Gasteiger partial charge in [-0.1, -0.05) is 46.8 Å². The van der Waals surface area contributed by atoms with Crippen LogP contribution in [0.3, 0.4) is 0 Å². The van der Waals surface area contributed by atoms with Gasteiger partial charge in [0.2, 0.25) is 0 Å². The summed E-state index contributed by atoms with van der Waals surface area (Å²) in [4.78, 5) is 56.5. The molecule has 2 aromatic carbocycles. The third-order valence-corrected chi connectivity index (χ3v) is 8.84. The summed E-state index contributed by atoms with van der Waals surface area (Å²) in [5.74, 6) is -2.19. The Balaban J connectivity index is 0.000000225. The molecule has 6 aromatic rings. The van der Waals surface area contributed by atoms with Gasteiger partial charge in [0, 0.05) is 79.0 Å². The van der Waals surface area contributed by atoms with Gasteiger partial charge in [0.1, 0.15) is 11.4 Å². The molecule has 0 aliphatic heterocycles. The maximum absolute atomic E-state index is 12.2. The highest BCUT2D eigenvalue weighted by molar-refractivity contribution is 9.10. The molecule has 0 aliphatic rings. The van der Waals surface area contributed by atoms with E-state index in [0.29, 0.717) is 22.7 Å². The van der Waals surface area contributed by atoms with Crippen molar-refractivity contribution in [2.45, 2.75) is 34.6 Å². The number of carbonyl (C=O) groups is 4. The molecule has 2 N–H and O–H groups in total. The molecule has 0 saturated heterocycles. The lowest BCUT2D eigenvalue weighted by Gasteiger charge is -2.10. The Labute approximate surface area is 332 Å². The quantitative estimate of drug-likeness (QED) is 0.161. The molecule has 4 heterocycles. The Bertz CT molecular complexity index is 2530. The largest absolute Gasteiger partial charge is 0.478 e. The van der Waals surface area contributed by atoms with Crippen molar-refractivity contribution >= 4 is 57.1 Å². The molecular weight excluding hydrogens is 780 g/mol. The van der Waals surface area contributed by atoms with E-state index in [1.54, 1.807) is 62.4 Å². The van der Waals surface area contributed by atoms with Gasteiger partial charge in [0.15, 0.2) is 11.3 Å². The number of carboxylic acids is 2. The van der Waals surface area contributed by atoms with E-state index in [1.807, 2.05) is 70.2 Å². The fourth-order valence-corrected chi connectivity index (χ4v) is 5.96. The van der Waals surface area contributed by atoms with E-state index < -0.39 is 11.9 Å². The summed E-state index contributed by atoms with van der Waals surface area (Å²) in [6, 6.07) is 19.0. The first kappa shape index (κ1) is 42.3. The fraction of sp³-hybridized carbons (Fsp3) is 0.220. The van der Waals surface area contributed by atoms with Crippen molar-refractivity contribution in [3.05, 3.63) is 123 Å². The molecule has 56 heavy (non-hydrogen) atoms. The number of rotatable bonds is 7. The smallest absolute Gasteiger partial charge is 0.331 e. The highest BCUT2D eigenvalue weighted by Crippen LogP contribution is 2.27. The highest BCUT2D eigenvalue weighted by atomic mass is 79.9. The van der Waals surface area contributed by atoms with E-state index in [9.17, 15) is 19.2 Å². The van der Waals surface area contributed by atoms with E-state index in [1.165, 1.54) is 9.80 Å². The maximum atomic E-state index is 12.2. The maximum Gasteiger partial charge on any atom is 0.331 e. The van der Waals surface area contributed by atoms with Gasteiger partial charge < -0.3 is 20.0 Å². The summed E-state index contributed by atoms with van der Waals surface area (Å²) < 4.78 is 4.52. The van der Waals surface area contributed by atoms with Crippen LogP contribution in [0.5, 0.6) is 0 Å². The van der Waals surface area contributed by atoms with Gasteiger partial charge in [-0.3, -0.25) is 9.59 Å². The molecule has 14 nitrogen and oxygen atoms in total. The molecule has 0 atom stereocenters. The highest BCUT2D eigenvalue weighted by Gasteiger charge is 2.17. The summed E-state index contributed by atoms with van der Waals surface area (Å²) in [5, 5.41) is 25.9. The number of halogens is 1. The molecule has 0 bridgehead atoms. The van der Waals surface area contributed by atoms with Crippen molar-refractivity contribution in [2.24, 2.45) is 0 Å². The first-order valence-electron chi connectivity index (χ1n) is 17.1. The van der Waals surface area contributed by atoms with Crippen molar-refractivity contribution in [3.8, 4) is 22.5 Å². The van der Waals surface area contributed by atoms with Crippen LogP contribution in [0, 0.1) is 27.7 Å². The van der Waals surface area contributed by atoms with Gasteiger partial charge in [-0.05, 0) is 81.7 Å². The number of carbonyl (C=O) groups excluding carboxylic acids is 2. The molecule has 290 valence electrons. The van der Waals surface area contributed by atoms with Crippen molar-refractivity contribution in [3.63, 3.8) is 0 Å². The SMILES string of the molecule is C/C(=C\c1ccc(-c2cc3nc(C(=O)N(C)C)cc(C)n3n2)c(C)c1)C(=O)O.C=CC(=O)O.Cc1cc(Br)ccc1-c1cc2nc(C(=O)N(C)C)cc(C)n2n1. The second kappa shape index (κ2) is 17.8. The number of amides is 2. The predicted molar refractivity (Wildman–Crippen MR) is 219 cm³/mol. The average molecular weight is 824 g/mol. The monoisotopic (exact) mass is 822 g/mol. The van der Waals surface area contributed by atoms with Gasteiger partial charge in [0.25, 0.3) is 11.8 Å². The number of benzene rings is 2. The number of fused-ring (bicyclic) bond motifs is 2.